The van der Waals surface area contributed by atoms with E-state index in [4.69, 9.17) is 11.5 Å². The molecule has 20 heavy (non-hydrogen) atoms. The van der Waals surface area contributed by atoms with E-state index in [-0.39, 0.29) is 5.91 Å². The SMILES string of the molecule is NC(=O)c1cccc(N)c1NCCCC(=O)NC1CC1. The van der Waals surface area contributed by atoms with Gasteiger partial charge in [0.2, 0.25) is 5.91 Å². The number of anilines is 2. The van der Waals surface area contributed by atoms with Gasteiger partial charge in [0.25, 0.3) is 5.91 Å². The van der Waals surface area contributed by atoms with Gasteiger partial charge < -0.3 is 22.1 Å². The Labute approximate surface area is 117 Å². The zero-order chi connectivity index (χ0) is 14.5. The molecule has 0 aromatic heterocycles. The van der Waals surface area contributed by atoms with Gasteiger partial charge in [-0.25, -0.2) is 0 Å². The first kappa shape index (κ1) is 14.2. The van der Waals surface area contributed by atoms with E-state index in [1.54, 1.807) is 18.2 Å². The van der Waals surface area contributed by atoms with Crippen LogP contribution in [0.1, 0.15) is 36.0 Å². The summed E-state index contributed by atoms with van der Waals surface area (Å²) in [6, 6.07) is 5.40. The van der Waals surface area contributed by atoms with Gasteiger partial charge in [0.15, 0.2) is 0 Å². The van der Waals surface area contributed by atoms with E-state index in [0.717, 1.165) is 12.8 Å². The molecule has 0 atom stereocenters. The Hall–Kier alpha value is -2.24. The van der Waals surface area contributed by atoms with Crippen molar-refractivity contribution in [3.63, 3.8) is 0 Å². The van der Waals surface area contributed by atoms with Gasteiger partial charge in [-0.3, -0.25) is 9.59 Å². The summed E-state index contributed by atoms with van der Waals surface area (Å²) in [5.74, 6) is -0.447. The number of rotatable bonds is 7. The van der Waals surface area contributed by atoms with Crippen molar-refractivity contribution >= 4 is 23.2 Å². The monoisotopic (exact) mass is 276 g/mol. The van der Waals surface area contributed by atoms with Gasteiger partial charge in [-0.1, -0.05) is 6.07 Å². The molecule has 0 spiro atoms. The quantitative estimate of drug-likeness (QED) is 0.437. The molecule has 6 heteroatoms. The molecule has 6 N–H and O–H groups in total. The molecule has 2 amide bonds. The maximum absolute atomic E-state index is 11.5. The van der Waals surface area contributed by atoms with Gasteiger partial charge in [-0.2, -0.15) is 0 Å². The van der Waals surface area contributed by atoms with Crippen molar-refractivity contribution in [1.29, 1.82) is 0 Å². The number of benzene rings is 1. The predicted molar refractivity (Wildman–Crippen MR) is 78.3 cm³/mol. The van der Waals surface area contributed by atoms with Crippen LogP contribution in [-0.2, 0) is 4.79 Å². The number of nitrogens with two attached hydrogens (primary N) is 2. The number of primary amides is 1. The molecule has 6 nitrogen and oxygen atoms in total. The van der Waals surface area contributed by atoms with E-state index >= 15 is 0 Å². The Bertz CT molecular complexity index is 512. The molecule has 1 aliphatic rings. The highest BCUT2D eigenvalue weighted by atomic mass is 16.2. The van der Waals surface area contributed by atoms with Crippen LogP contribution in [0.5, 0.6) is 0 Å². The van der Waals surface area contributed by atoms with E-state index in [0.29, 0.717) is 42.4 Å². The third-order valence-corrected chi connectivity index (χ3v) is 3.19. The summed E-state index contributed by atoms with van der Waals surface area (Å²) in [5, 5.41) is 6.01. The summed E-state index contributed by atoms with van der Waals surface area (Å²) >= 11 is 0. The summed E-state index contributed by atoms with van der Waals surface area (Å²) in [4.78, 5) is 22.8. The normalized spacial score (nSPS) is 13.8. The smallest absolute Gasteiger partial charge is 0.250 e. The third kappa shape index (κ3) is 3.88. The minimum atomic E-state index is -0.522. The lowest BCUT2D eigenvalue weighted by atomic mass is 10.1. The number of carbonyl (C=O) groups excluding carboxylic acids is 2. The second-order valence-corrected chi connectivity index (χ2v) is 5.01. The molecule has 0 aliphatic heterocycles. The Kier molecular flexibility index (Phi) is 4.45. The number of carbonyl (C=O) groups is 2. The molecule has 0 saturated heterocycles. The first-order valence-electron chi connectivity index (χ1n) is 6.79. The molecule has 2 rings (SSSR count). The Morgan fingerprint density at radius 1 is 1.30 bits per heavy atom. The zero-order valence-electron chi connectivity index (χ0n) is 11.3. The second-order valence-electron chi connectivity index (χ2n) is 5.01. The standard InChI is InChI=1S/C14H20N4O2/c15-11-4-1-3-10(14(16)20)13(11)17-8-2-5-12(19)18-9-6-7-9/h1,3-4,9,17H,2,5-8,15H2,(H2,16,20)(H,18,19). The summed E-state index contributed by atoms with van der Waals surface area (Å²) < 4.78 is 0. The van der Waals surface area contributed by atoms with Crippen molar-refractivity contribution < 1.29 is 9.59 Å². The van der Waals surface area contributed by atoms with Gasteiger partial charge in [0.1, 0.15) is 0 Å². The zero-order valence-corrected chi connectivity index (χ0v) is 11.3. The molecule has 0 heterocycles. The molecule has 1 aliphatic carbocycles. The highest BCUT2D eigenvalue weighted by Crippen LogP contribution is 2.23. The number of amides is 2. The molecule has 108 valence electrons. The van der Waals surface area contributed by atoms with Crippen molar-refractivity contribution in [3.8, 4) is 0 Å². The molecule has 0 unspecified atom stereocenters. The van der Waals surface area contributed by atoms with Crippen LogP contribution in [0.2, 0.25) is 0 Å². The van der Waals surface area contributed by atoms with Crippen LogP contribution in [0.4, 0.5) is 11.4 Å². The highest BCUT2D eigenvalue weighted by molar-refractivity contribution is 6.01. The summed E-state index contributed by atoms with van der Waals surface area (Å²) in [6.45, 7) is 0.562. The van der Waals surface area contributed by atoms with Crippen molar-refractivity contribution in [2.24, 2.45) is 5.73 Å². The van der Waals surface area contributed by atoms with Crippen LogP contribution >= 0.6 is 0 Å². The van der Waals surface area contributed by atoms with Gasteiger partial charge in [-0.15, -0.1) is 0 Å². The maximum Gasteiger partial charge on any atom is 0.250 e. The fraction of sp³-hybridized carbons (Fsp3) is 0.429. The average molecular weight is 276 g/mol. The average Bonchev–Trinajstić information content (AvgIpc) is 3.19. The topological polar surface area (TPSA) is 110 Å². The van der Waals surface area contributed by atoms with Crippen LogP contribution in [-0.4, -0.2) is 24.4 Å². The number of hydrogen-bond acceptors (Lipinski definition) is 4. The minimum Gasteiger partial charge on any atom is -0.397 e. The lowest BCUT2D eigenvalue weighted by Crippen LogP contribution is -2.25. The van der Waals surface area contributed by atoms with Crippen molar-refractivity contribution in [2.45, 2.75) is 31.7 Å². The fourth-order valence-electron chi connectivity index (χ4n) is 1.96. The van der Waals surface area contributed by atoms with E-state index < -0.39 is 5.91 Å². The molecular formula is C14H20N4O2. The van der Waals surface area contributed by atoms with Gasteiger partial charge in [0, 0.05) is 19.0 Å². The summed E-state index contributed by atoms with van der Waals surface area (Å²) in [5.41, 5.74) is 12.5. The Balaban J connectivity index is 1.81. The van der Waals surface area contributed by atoms with Crippen molar-refractivity contribution in [1.82, 2.24) is 5.32 Å². The fourth-order valence-corrected chi connectivity index (χ4v) is 1.96. The van der Waals surface area contributed by atoms with Crippen LogP contribution in [0, 0.1) is 0 Å². The Morgan fingerprint density at radius 2 is 2.05 bits per heavy atom. The van der Waals surface area contributed by atoms with Gasteiger partial charge in [-0.05, 0) is 31.4 Å². The highest BCUT2D eigenvalue weighted by Gasteiger charge is 2.22. The van der Waals surface area contributed by atoms with E-state index in [2.05, 4.69) is 10.6 Å². The van der Waals surface area contributed by atoms with Crippen LogP contribution in [0.25, 0.3) is 0 Å². The summed E-state index contributed by atoms with van der Waals surface area (Å²) in [7, 11) is 0. The first-order valence-corrected chi connectivity index (χ1v) is 6.79. The van der Waals surface area contributed by atoms with Gasteiger partial charge in [0.05, 0.1) is 16.9 Å². The summed E-state index contributed by atoms with van der Waals surface area (Å²) in [6.07, 6.45) is 3.31. The maximum atomic E-state index is 11.5. The molecule has 0 radical (unpaired) electrons. The third-order valence-electron chi connectivity index (χ3n) is 3.19. The van der Waals surface area contributed by atoms with E-state index in [1.807, 2.05) is 0 Å². The first-order chi connectivity index (χ1) is 9.58. The Morgan fingerprint density at radius 3 is 2.70 bits per heavy atom. The van der Waals surface area contributed by atoms with E-state index in [9.17, 15) is 9.59 Å². The van der Waals surface area contributed by atoms with Crippen molar-refractivity contribution in [3.05, 3.63) is 23.8 Å². The second kappa shape index (κ2) is 6.27. The molecule has 1 aromatic rings. The van der Waals surface area contributed by atoms with Crippen LogP contribution < -0.4 is 22.1 Å². The minimum absolute atomic E-state index is 0.0745. The molecule has 1 aromatic carbocycles. The molecule has 1 saturated carbocycles. The molecule has 1 fully saturated rings. The predicted octanol–water partition coefficient (Wildman–Crippen LogP) is 0.838. The van der Waals surface area contributed by atoms with Crippen LogP contribution in [0.15, 0.2) is 18.2 Å². The van der Waals surface area contributed by atoms with Crippen molar-refractivity contribution in [2.75, 3.05) is 17.6 Å². The van der Waals surface area contributed by atoms with Crippen LogP contribution in [0.3, 0.4) is 0 Å². The number of hydrogen-bond donors (Lipinski definition) is 4. The largest absolute Gasteiger partial charge is 0.397 e. The lowest BCUT2D eigenvalue weighted by Gasteiger charge is -2.12. The van der Waals surface area contributed by atoms with E-state index in [1.165, 1.54) is 0 Å². The molecule has 0 bridgehead atoms. The molecular weight excluding hydrogens is 256 g/mol. The number of para-hydroxylation sites is 1. The number of nitrogen functional groups attached to an aromatic ring is 1. The number of nitrogens with one attached hydrogen (secondary N) is 2. The lowest BCUT2D eigenvalue weighted by molar-refractivity contribution is -0.121. The van der Waals surface area contributed by atoms with Gasteiger partial charge >= 0.3 is 0 Å².